The Morgan fingerprint density at radius 1 is 1.12 bits per heavy atom. The van der Waals surface area contributed by atoms with Gasteiger partial charge in [0.1, 0.15) is 5.82 Å². The SMILES string of the molecule is Cc1ccc(S(=O)(=O)Nc2ccc(N3CCC(C)CC3)nc2)c(C)c1. The molecule has 134 valence electrons. The lowest BCUT2D eigenvalue weighted by atomic mass is 9.99. The average Bonchev–Trinajstić information content (AvgIpc) is 2.55. The van der Waals surface area contributed by atoms with Crippen molar-refractivity contribution in [3.8, 4) is 0 Å². The highest BCUT2D eigenvalue weighted by atomic mass is 32.2. The molecule has 0 spiro atoms. The molecular formula is C19H25N3O2S. The van der Waals surface area contributed by atoms with E-state index in [1.54, 1.807) is 31.3 Å². The van der Waals surface area contributed by atoms with Crippen LogP contribution in [0.5, 0.6) is 0 Å². The van der Waals surface area contributed by atoms with E-state index in [1.807, 2.05) is 19.1 Å². The molecule has 0 atom stereocenters. The summed E-state index contributed by atoms with van der Waals surface area (Å²) in [7, 11) is -3.61. The molecule has 6 heteroatoms. The zero-order valence-electron chi connectivity index (χ0n) is 15.0. The first-order valence-electron chi connectivity index (χ1n) is 8.66. The maximum Gasteiger partial charge on any atom is 0.262 e. The fourth-order valence-corrected chi connectivity index (χ4v) is 4.45. The fraction of sp³-hybridized carbons (Fsp3) is 0.421. The van der Waals surface area contributed by atoms with Crippen molar-refractivity contribution in [3.63, 3.8) is 0 Å². The summed E-state index contributed by atoms with van der Waals surface area (Å²) < 4.78 is 27.8. The molecule has 0 bridgehead atoms. The number of rotatable bonds is 4. The van der Waals surface area contributed by atoms with E-state index >= 15 is 0 Å². The smallest absolute Gasteiger partial charge is 0.262 e. The van der Waals surface area contributed by atoms with Crippen LogP contribution in [0.15, 0.2) is 41.4 Å². The second kappa shape index (κ2) is 7.04. The van der Waals surface area contributed by atoms with Gasteiger partial charge in [0.15, 0.2) is 0 Å². The molecule has 1 fully saturated rings. The number of nitrogens with one attached hydrogen (secondary N) is 1. The van der Waals surface area contributed by atoms with Gasteiger partial charge < -0.3 is 4.90 Å². The van der Waals surface area contributed by atoms with Crippen molar-refractivity contribution in [1.82, 2.24) is 4.98 Å². The van der Waals surface area contributed by atoms with Gasteiger partial charge in [-0.2, -0.15) is 0 Å². The van der Waals surface area contributed by atoms with Gasteiger partial charge in [0.05, 0.1) is 16.8 Å². The third-order valence-corrected chi connectivity index (χ3v) is 6.27. The Labute approximate surface area is 150 Å². The first-order valence-corrected chi connectivity index (χ1v) is 10.1. The summed E-state index contributed by atoms with van der Waals surface area (Å²) in [6.07, 6.45) is 3.93. The lowest BCUT2D eigenvalue weighted by Crippen LogP contribution is -2.33. The molecule has 1 saturated heterocycles. The average molecular weight is 359 g/mol. The maximum absolute atomic E-state index is 12.6. The van der Waals surface area contributed by atoms with E-state index in [-0.39, 0.29) is 0 Å². The molecule has 0 aliphatic carbocycles. The van der Waals surface area contributed by atoms with Gasteiger partial charge in [-0.05, 0) is 56.4 Å². The first-order chi connectivity index (χ1) is 11.8. The van der Waals surface area contributed by atoms with Crippen LogP contribution in [0.2, 0.25) is 0 Å². The molecule has 5 nitrogen and oxygen atoms in total. The first kappa shape index (κ1) is 17.7. The van der Waals surface area contributed by atoms with E-state index in [0.717, 1.165) is 36.0 Å². The summed E-state index contributed by atoms with van der Waals surface area (Å²) >= 11 is 0. The van der Waals surface area contributed by atoms with Crippen LogP contribution in [-0.4, -0.2) is 26.5 Å². The van der Waals surface area contributed by atoms with Crippen LogP contribution in [0.1, 0.15) is 30.9 Å². The van der Waals surface area contributed by atoms with E-state index in [4.69, 9.17) is 0 Å². The number of benzene rings is 1. The Kier molecular flexibility index (Phi) is 4.99. The molecule has 0 amide bonds. The van der Waals surface area contributed by atoms with E-state index in [1.165, 1.54) is 12.8 Å². The summed E-state index contributed by atoms with van der Waals surface area (Å²) in [4.78, 5) is 6.99. The quantitative estimate of drug-likeness (QED) is 0.903. The monoisotopic (exact) mass is 359 g/mol. The standard InChI is InChI=1S/C19H25N3O2S/c1-14-8-10-22(11-9-14)19-7-5-17(13-20-19)21-25(23,24)18-6-4-15(2)12-16(18)3/h4-7,12-14,21H,8-11H2,1-3H3. The number of pyridine rings is 1. The van der Waals surface area contributed by atoms with Crippen molar-refractivity contribution in [3.05, 3.63) is 47.7 Å². The van der Waals surface area contributed by atoms with Crippen LogP contribution in [0, 0.1) is 19.8 Å². The van der Waals surface area contributed by atoms with Gasteiger partial charge in [-0.1, -0.05) is 24.6 Å². The molecule has 1 N–H and O–H groups in total. The number of aromatic nitrogens is 1. The molecule has 1 aromatic heterocycles. The second-order valence-electron chi connectivity index (χ2n) is 6.95. The van der Waals surface area contributed by atoms with Crippen LogP contribution in [0.25, 0.3) is 0 Å². The van der Waals surface area contributed by atoms with Crippen molar-refractivity contribution in [2.45, 2.75) is 38.5 Å². The van der Waals surface area contributed by atoms with Gasteiger partial charge in [0, 0.05) is 13.1 Å². The van der Waals surface area contributed by atoms with Crippen molar-refractivity contribution in [2.75, 3.05) is 22.7 Å². The highest BCUT2D eigenvalue weighted by molar-refractivity contribution is 7.92. The minimum atomic E-state index is -3.61. The molecule has 1 aromatic carbocycles. The number of sulfonamides is 1. The van der Waals surface area contributed by atoms with Crippen LogP contribution in [0.3, 0.4) is 0 Å². The number of nitrogens with zero attached hydrogens (tertiary/aromatic N) is 2. The third kappa shape index (κ3) is 4.12. The highest BCUT2D eigenvalue weighted by Crippen LogP contribution is 2.24. The van der Waals surface area contributed by atoms with Gasteiger partial charge in [-0.25, -0.2) is 13.4 Å². The molecule has 2 heterocycles. The Morgan fingerprint density at radius 2 is 1.84 bits per heavy atom. The Morgan fingerprint density at radius 3 is 2.44 bits per heavy atom. The molecule has 2 aromatic rings. The topological polar surface area (TPSA) is 62.3 Å². The number of hydrogen-bond acceptors (Lipinski definition) is 4. The number of aryl methyl sites for hydroxylation is 2. The van der Waals surface area contributed by atoms with Crippen LogP contribution >= 0.6 is 0 Å². The lowest BCUT2D eigenvalue weighted by Gasteiger charge is -2.31. The van der Waals surface area contributed by atoms with Crippen molar-refractivity contribution in [1.29, 1.82) is 0 Å². The molecule has 3 rings (SSSR count). The Bertz CT molecular complexity index is 839. The van der Waals surface area contributed by atoms with E-state index in [0.29, 0.717) is 10.6 Å². The van der Waals surface area contributed by atoms with Gasteiger partial charge in [0.25, 0.3) is 10.0 Å². The number of hydrogen-bond donors (Lipinski definition) is 1. The van der Waals surface area contributed by atoms with Gasteiger partial charge >= 0.3 is 0 Å². The fourth-order valence-electron chi connectivity index (χ4n) is 3.18. The van der Waals surface area contributed by atoms with E-state index < -0.39 is 10.0 Å². The van der Waals surface area contributed by atoms with Gasteiger partial charge in [-0.3, -0.25) is 4.72 Å². The van der Waals surface area contributed by atoms with Crippen molar-refractivity contribution < 1.29 is 8.42 Å². The van der Waals surface area contributed by atoms with E-state index in [9.17, 15) is 8.42 Å². The maximum atomic E-state index is 12.6. The number of anilines is 2. The van der Waals surface area contributed by atoms with Crippen LogP contribution in [-0.2, 0) is 10.0 Å². The van der Waals surface area contributed by atoms with Crippen LogP contribution in [0.4, 0.5) is 11.5 Å². The molecule has 1 aliphatic heterocycles. The molecule has 0 unspecified atom stereocenters. The Balaban J connectivity index is 1.74. The zero-order chi connectivity index (χ0) is 18.0. The van der Waals surface area contributed by atoms with Gasteiger partial charge in [0.2, 0.25) is 0 Å². The molecule has 25 heavy (non-hydrogen) atoms. The van der Waals surface area contributed by atoms with Crippen molar-refractivity contribution >= 4 is 21.5 Å². The minimum absolute atomic E-state index is 0.298. The predicted molar refractivity (Wildman–Crippen MR) is 102 cm³/mol. The normalized spacial score (nSPS) is 16.0. The van der Waals surface area contributed by atoms with Crippen molar-refractivity contribution in [2.24, 2.45) is 5.92 Å². The summed E-state index contributed by atoms with van der Waals surface area (Å²) in [5, 5.41) is 0. The largest absolute Gasteiger partial charge is 0.357 e. The molecular weight excluding hydrogens is 334 g/mol. The highest BCUT2D eigenvalue weighted by Gasteiger charge is 2.19. The zero-order valence-corrected chi connectivity index (χ0v) is 15.8. The van der Waals surface area contributed by atoms with Crippen LogP contribution < -0.4 is 9.62 Å². The molecule has 0 radical (unpaired) electrons. The number of piperidine rings is 1. The summed E-state index contributed by atoms with van der Waals surface area (Å²) in [5.74, 6) is 1.67. The second-order valence-corrected chi connectivity index (χ2v) is 8.60. The lowest BCUT2D eigenvalue weighted by molar-refractivity contribution is 0.436. The minimum Gasteiger partial charge on any atom is -0.357 e. The third-order valence-electron chi connectivity index (χ3n) is 4.73. The summed E-state index contributed by atoms with van der Waals surface area (Å²) in [5.41, 5.74) is 2.26. The predicted octanol–water partition coefficient (Wildman–Crippen LogP) is 3.74. The Hall–Kier alpha value is -2.08. The van der Waals surface area contributed by atoms with E-state index in [2.05, 4.69) is 21.5 Å². The van der Waals surface area contributed by atoms with Gasteiger partial charge in [-0.15, -0.1) is 0 Å². The molecule has 0 saturated carbocycles. The summed E-state index contributed by atoms with van der Waals surface area (Å²) in [6.45, 7) is 8.03. The summed E-state index contributed by atoms with van der Waals surface area (Å²) in [6, 6.07) is 8.98. The molecule has 1 aliphatic rings.